The zero-order valence-corrected chi connectivity index (χ0v) is 25.9. The molecule has 212 valence electrons. The lowest BCUT2D eigenvalue weighted by molar-refractivity contribution is -0.183. The Kier molecular flexibility index (Phi) is 5.90. The number of hydrogen-bond donors (Lipinski definition) is 0. The normalized spacial score (nSPS) is 35.0. The molecule has 0 bridgehead atoms. The maximum Gasteiger partial charge on any atom is 0.410 e. The van der Waals surface area contributed by atoms with Crippen LogP contribution in [0.1, 0.15) is 66.5 Å². The van der Waals surface area contributed by atoms with Crippen LogP contribution in [-0.4, -0.2) is 90.8 Å². The van der Waals surface area contributed by atoms with Crippen LogP contribution in [0.25, 0.3) is 11.0 Å². The van der Waals surface area contributed by atoms with Gasteiger partial charge in [-0.05, 0) is 89.4 Å². The van der Waals surface area contributed by atoms with Gasteiger partial charge in [-0.1, -0.05) is 11.6 Å². The van der Waals surface area contributed by atoms with Crippen molar-refractivity contribution in [3.8, 4) is 0 Å². The highest BCUT2D eigenvalue weighted by Gasteiger charge is 2.85. The fraction of sp³-hybridized carbons (Fsp3) is 0.741. The third-order valence-corrected chi connectivity index (χ3v) is 10.1. The van der Waals surface area contributed by atoms with Gasteiger partial charge in [0, 0.05) is 28.4 Å². The molecule has 5 aliphatic rings. The average Bonchev–Trinajstić information content (AvgIpc) is 3.23. The third kappa shape index (κ3) is 3.97. The highest BCUT2D eigenvalue weighted by molar-refractivity contribution is 14.1. The molecule has 0 radical (unpaired) electrons. The second kappa shape index (κ2) is 8.64. The Hall–Kier alpha value is -1.25. The molecule has 1 amide bonds. The van der Waals surface area contributed by atoms with Crippen molar-refractivity contribution in [2.75, 3.05) is 19.6 Å². The van der Waals surface area contributed by atoms with E-state index in [1.165, 1.54) is 6.33 Å². The molecule has 1 aliphatic carbocycles. The van der Waals surface area contributed by atoms with E-state index in [0.29, 0.717) is 18.2 Å². The first-order valence-electron chi connectivity index (χ1n) is 13.8. The Morgan fingerprint density at radius 2 is 1.90 bits per heavy atom. The van der Waals surface area contributed by atoms with Gasteiger partial charge < -0.3 is 28.4 Å². The third-order valence-electron chi connectivity index (χ3n) is 9.03. The van der Waals surface area contributed by atoms with E-state index >= 15 is 0 Å². The Bertz CT molecular complexity index is 1340. The molecular weight excluding hydrogens is 637 g/mol. The van der Waals surface area contributed by atoms with Crippen molar-refractivity contribution in [3.05, 3.63) is 21.2 Å². The van der Waals surface area contributed by atoms with Gasteiger partial charge in [0.1, 0.15) is 40.5 Å². The molecule has 4 aliphatic heterocycles. The fourth-order valence-corrected chi connectivity index (χ4v) is 8.74. The molecule has 0 aromatic carbocycles. The lowest BCUT2D eigenvalue weighted by Gasteiger charge is -2.46. The molecule has 12 heteroatoms. The Morgan fingerprint density at radius 1 is 1.15 bits per heavy atom. The average molecular weight is 672 g/mol. The summed E-state index contributed by atoms with van der Waals surface area (Å²) in [4.78, 5) is 25.9. The summed E-state index contributed by atoms with van der Waals surface area (Å²) in [6, 6.07) is 0.107. The Labute approximate surface area is 246 Å². The predicted molar refractivity (Wildman–Crippen MR) is 151 cm³/mol. The van der Waals surface area contributed by atoms with Crippen LogP contribution < -0.4 is 0 Å². The van der Waals surface area contributed by atoms with Gasteiger partial charge in [0.15, 0.2) is 12.0 Å². The monoisotopic (exact) mass is 671 g/mol. The maximum absolute atomic E-state index is 12.7. The van der Waals surface area contributed by atoms with Crippen LogP contribution in [0.3, 0.4) is 0 Å². The lowest BCUT2D eigenvalue weighted by Crippen LogP contribution is -2.56. The molecule has 5 atom stereocenters. The minimum absolute atomic E-state index is 0.0258. The van der Waals surface area contributed by atoms with Gasteiger partial charge in [0.05, 0.1) is 11.4 Å². The maximum atomic E-state index is 12.7. The number of amides is 1. The van der Waals surface area contributed by atoms with E-state index in [0.717, 1.165) is 46.8 Å². The number of halogens is 2. The zero-order chi connectivity index (χ0) is 27.5. The standard InChI is InChI=1S/C27H35ClIN5O5/c1-24(2,3)38-23(35)32-11-8-26(9-12-32)7-6-10-34(26)17-18-27(17)19(37-25(4,5)39-27)22(36-18)33-13-15(29)16-20(28)30-14-31-21(16)33/h13-14,17-19,22H,6-12H2,1-5H3/t17?,18-,19+,22-,27-/m1/s1. The van der Waals surface area contributed by atoms with Gasteiger partial charge in [0.25, 0.3) is 0 Å². The number of carbonyl (C=O) groups is 1. The molecule has 1 unspecified atom stereocenters. The van der Waals surface area contributed by atoms with Crippen molar-refractivity contribution in [1.82, 2.24) is 24.3 Å². The summed E-state index contributed by atoms with van der Waals surface area (Å²) in [5.41, 5.74) is -0.283. The molecule has 39 heavy (non-hydrogen) atoms. The smallest absolute Gasteiger partial charge is 0.410 e. The lowest BCUT2D eigenvalue weighted by atomic mass is 9.84. The van der Waals surface area contributed by atoms with Gasteiger partial charge in [-0.3, -0.25) is 4.90 Å². The number of rotatable bonds is 2. The van der Waals surface area contributed by atoms with E-state index in [2.05, 4.69) is 37.5 Å². The van der Waals surface area contributed by atoms with E-state index in [-0.39, 0.29) is 36.1 Å². The predicted octanol–water partition coefficient (Wildman–Crippen LogP) is 4.72. The van der Waals surface area contributed by atoms with Crippen molar-refractivity contribution >= 4 is 51.3 Å². The van der Waals surface area contributed by atoms with E-state index in [9.17, 15) is 4.79 Å². The molecule has 7 rings (SSSR count). The Morgan fingerprint density at radius 3 is 2.62 bits per heavy atom. The van der Waals surface area contributed by atoms with Crippen molar-refractivity contribution in [2.24, 2.45) is 0 Å². The summed E-state index contributed by atoms with van der Waals surface area (Å²) in [5, 5.41) is 1.25. The summed E-state index contributed by atoms with van der Waals surface area (Å²) in [5.74, 6) is -0.727. The second-order valence-corrected chi connectivity index (χ2v) is 14.5. The van der Waals surface area contributed by atoms with Gasteiger partial charge in [-0.15, -0.1) is 0 Å². The van der Waals surface area contributed by atoms with Crippen LogP contribution >= 0.6 is 34.2 Å². The SMILES string of the molecule is CC(C)(C)OC(=O)N1CCC2(CCCN2C2[C@H]3O[C@@H](n4cc(I)c5c(Cl)ncnc54)[C@@H]4OC(C)(C)O[C@]234)CC1. The minimum atomic E-state index is -0.727. The number of hydrogen-bond acceptors (Lipinski definition) is 8. The largest absolute Gasteiger partial charge is 0.444 e. The van der Waals surface area contributed by atoms with E-state index in [1.807, 2.05) is 50.3 Å². The van der Waals surface area contributed by atoms with Crippen LogP contribution in [0.15, 0.2) is 12.5 Å². The molecular formula is C27H35ClIN5O5. The molecule has 0 N–H and O–H groups in total. The van der Waals surface area contributed by atoms with Crippen LogP contribution in [0, 0.1) is 3.57 Å². The van der Waals surface area contributed by atoms with Crippen molar-refractivity contribution in [2.45, 2.75) is 107 Å². The van der Waals surface area contributed by atoms with Crippen molar-refractivity contribution < 1.29 is 23.7 Å². The first kappa shape index (κ1) is 26.6. The van der Waals surface area contributed by atoms with Crippen molar-refractivity contribution in [3.63, 3.8) is 0 Å². The second-order valence-electron chi connectivity index (χ2n) is 13.0. The first-order chi connectivity index (χ1) is 18.4. The molecule has 10 nitrogen and oxygen atoms in total. The summed E-state index contributed by atoms with van der Waals surface area (Å²) in [7, 11) is 0. The number of fused-ring (bicyclic) bond motifs is 1. The molecule has 2 spiro atoms. The Balaban J connectivity index is 1.15. The molecule has 2 aromatic rings. The van der Waals surface area contributed by atoms with Crippen LogP contribution in [0.4, 0.5) is 4.79 Å². The quantitative estimate of drug-likeness (QED) is 0.335. The number of piperidine rings is 1. The first-order valence-corrected chi connectivity index (χ1v) is 15.3. The zero-order valence-electron chi connectivity index (χ0n) is 22.9. The van der Waals surface area contributed by atoms with Crippen LogP contribution in [-0.2, 0) is 18.9 Å². The van der Waals surface area contributed by atoms with E-state index in [1.54, 1.807) is 0 Å². The minimum Gasteiger partial charge on any atom is -0.444 e. The van der Waals surface area contributed by atoms with Gasteiger partial charge in [-0.25, -0.2) is 14.8 Å². The molecule has 5 fully saturated rings. The summed E-state index contributed by atoms with van der Waals surface area (Å²) < 4.78 is 28.8. The van der Waals surface area contributed by atoms with Crippen LogP contribution in [0.2, 0.25) is 5.15 Å². The number of likely N-dealkylation sites (tertiary alicyclic amines) is 2. The summed E-state index contributed by atoms with van der Waals surface area (Å²) in [6.07, 6.45) is 6.57. The molecule has 1 saturated carbocycles. The summed E-state index contributed by atoms with van der Waals surface area (Å²) in [6.45, 7) is 12.1. The number of carbonyl (C=O) groups excluding carboxylic acids is 1. The molecule has 2 aromatic heterocycles. The molecule has 4 saturated heterocycles. The highest BCUT2D eigenvalue weighted by atomic mass is 127. The summed E-state index contributed by atoms with van der Waals surface area (Å²) >= 11 is 8.69. The number of aromatic nitrogens is 3. The van der Waals surface area contributed by atoms with Gasteiger partial charge >= 0.3 is 6.09 Å². The topological polar surface area (TPSA) is 91.2 Å². The van der Waals surface area contributed by atoms with E-state index < -0.39 is 17.0 Å². The van der Waals surface area contributed by atoms with Gasteiger partial charge in [0.2, 0.25) is 0 Å². The van der Waals surface area contributed by atoms with Crippen molar-refractivity contribution in [1.29, 1.82) is 0 Å². The molecule has 6 heterocycles. The highest BCUT2D eigenvalue weighted by Crippen LogP contribution is 2.67. The van der Waals surface area contributed by atoms with Crippen LogP contribution in [0.5, 0.6) is 0 Å². The van der Waals surface area contributed by atoms with E-state index in [4.69, 9.17) is 30.5 Å². The van der Waals surface area contributed by atoms with Gasteiger partial charge in [-0.2, -0.15) is 0 Å². The number of nitrogens with zero attached hydrogens (tertiary/aromatic N) is 5. The number of ether oxygens (including phenoxy) is 4. The fourth-order valence-electron chi connectivity index (χ4n) is 7.55.